The van der Waals surface area contributed by atoms with Gasteiger partial charge in [0.2, 0.25) is 0 Å². The SMILES string of the molecule is Cc1ccc(Sc2ccc(C#N)c([N+](=O)[O-])c2)cc1. The van der Waals surface area contributed by atoms with Gasteiger partial charge in [-0.15, -0.1) is 0 Å². The zero-order valence-electron chi connectivity index (χ0n) is 10.2. The van der Waals surface area contributed by atoms with E-state index in [1.807, 2.05) is 37.3 Å². The number of hydrogen-bond donors (Lipinski definition) is 0. The van der Waals surface area contributed by atoms with Crippen molar-refractivity contribution in [2.45, 2.75) is 16.7 Å². The molecule has 2 rings (SSSR count). The maximum atomic E-state index is 10.9. The molecule has 2 aromatic rings. The van der Waals surface area contributed by atoms with E-state index in [0.29, 0.717) is 0 Å². The largest absolute Gasteiger partial charge is 0.288 e. The summed E-state index contributed by atoms with van der Waals surface area (Å²) in [5, 5.41) is 19.7. The molecular weight excluding hydrogens is 260 g/mol. The van der Waals surface area contributed by atoms with Crippen LogP contribution in [0.2, 0.25) is 0 Å². The molecule has 5 heteroatoms. The minimum Gasteiger partial charge on any atom is -0.258 e. The minimum absolute atomic E-state index is 0.0817. The van der Waals surface area contributed by atoms with Crippen LogP contribution < -0.4 is 0 Å². The standard InChI is InChI=1S/C14H10N2O2S/c1-10-2-5-12(6-3-10)19-13-7-4-11(9-15)14(8-13)16(17)18/h2-8H,1H3. The second-order valence-electron chi connectivity index (χ2n) is 3.96. The Labute approximate surface area is 114 Å². The summed E-state index contributed by atoms with van der Waals surface area (Å²) in [6.07, 6.45) is 0. The van der Waals surface area contributed by atoms with E-state index in [-0.39, 0.29) is 11.3 Å². The smallest absolute Gasteiger partial charge is 0.258 e. The fraction of sp³-hybridized carbons (Fsp3) is 0.0714. The molecule has 0 aliphatic rings. The molecule has 0 atom stereocenters. The van der Waals surface area contributed by atoms with Crippen LogP contribution in [0.15, 0.2) is 52.3 Å². The van der Waals surface area contributed by atoms with Crippen molar-refractivity contribution in [2.75, 3.05) is 0 Å². The summed E-state index contributed by atoms with van der Waals surface area (Å²) in [7, 11) is 0. The molecule has 0 radical (unpaired) electrons. The van der Waals surface area contributed by atoms with Gasteiger partial charge >= 0.3 is 0 Å². The van der Waals surface area contributed by atoms with Crippen molar-refractivity contribution in [3.05, 3.63) is 63.7 Å². The van der Waals surface area contributed by atoms with E-state index >= 15 is 0 Å². The van der Waals surface area contributed by atoms with Crippen LogP contribution in [0.4, 0.5) is 5.69 Å². The number of nitro benzene ring substituents is 1. The highest BCUT2D eigenvalue weighted by molar-refractivity contribution is 7.99. The van der Waals surface area contributed by atoms with Crippen LogP contribution in [0.3, 0.4) is 0 Å². The first kappa shape index (κ1) is 13.1. The van der Waals surface area contributed by atoms with E-state index in [9.17, 15) is 10.1 Å². The summed E-state index contributed by atoms with van der Waals surface area (Å²) in [5.74, 6) is 0. The Hall–Kier alpha value is -2.32. The number of hydrogen-bond acceptors (Lipinski definition) is 4. The van der Waals surface area contributed by atoms with Crippen molar-refractivity contribution in [1.82, 2.24) is 0 Å². The van der Waals surface area contributed by atoms with Crippen molar-refractivity contribution in [3.63, 3.8) is 0 Å². The van der Waals surface area contributed by atoms with Gasteiger partial charge in [0.25, 0.3) is 5.69 Å². The van der Waals surface area contributed by atoms with Gasteiger partial charge in [-0.3, -0.25) is 10.1 Å². The van der Waals surface area contributed by atoms with Gasteiger partial charge in [0.15, 0.2) is 0 Å². The second kappa shape index (κ2) is 5.55. The van der Waals surface area contributed by atoms with Crippen LogP contribution in [0, 0.1) is 28.4 Å². The molecule has 4 nitrogen and oxygen atoms in total. The lowest BCUT2D eigenvalue weighted by molar-refractivity contribution is -0.385. The predicted octanol–water partition coefficient (Wildman–Crippen LogP) is 3.93. The summed E-state index contributed by atoms with van der Waals surface area (Å²) in [4.78, 5) is 12.1. The van der Waals surface area contributed by atoms with Crippen molar-refractivity contribution in [3.8, 4) is 6.07 Å². The Kier molecular flexibility index (Phi) is 3.83. The molecule has 0 aromatic heterocycles. The molecule has 0 heterocycles. The normalized spacial score (nSPS) is 9.89. The molecule has 0 saturated carbocycles. The third kappa shape index (κ3) is 3.12. The van der Waals surface area contributed by atoms with Crippen LogP contribution in [-0.2, 0) is 0 Å². The molecule has 2 aromatic carbocycles. The highest BCUT2D eigenvalue weighted by Crippen LogP contribution is 2.31. The van der Waals surface area contributed by atoms with Gasteiger partial charge < -0.3 is 0 Å². The topological polar surface area (TPSA) is 66.9 Å². The van der Waals surface area contributed by atoms with Crippen LogP contribution >= 0.6 is 11.8 Å². The molecular formula is C14H10N2O2S. The van der Waals surface area contributed by atoms with Crippen molar-refractivity contribution in [2.24, 2.45) is 0 Å². The number of benzene rings is 2. The average Bonchev–Trinajstić information content (AvgIpc) is 2.41. The van der Waals surface area contributed by atoms with E-state index in [1.165, 1.54) is 23.9 Å². The lowest BCUT2D eigenvalue weighted by Crippen LogP contribution is -1.92. The summed E-state index contributed by atoms with van der Waals surface area (Å²) in [6.45, 7) is 2.00. The van der Waals surface area contributed by atoms with E-state index in [4.69, 9.17) is 5.26 Å². The molecule has 0 aliphatic carbocycles. The molecule has 0 bridgehead atoms. The number of nitriles is 1. The second-order valence-corrected chi connectivity index (χ2v) is 5.11. The average molecular weight is 270 g/mol. The quantitative estimate of drug-likeness (QED) is 0.626. The maximum absolute atomic E-state index is 10.9. The fourth-order valence-corrected chi connectivity index (χ4v) is 2.41. The summed E-state index contributed by atoms with van der Waals surface area (Å²) in [6, 6.07) is 14.4. The third-order valence-electron chi connectivity index (χ3n) is 2.54. The Bertz CT molecular complexity index is 660. The highest BCUT2D eigenvalue weighted by atomic mass is 32.2. The van der Waals surface area contributed by atoms with Crippen LogP contribution in [-0.4, -0.2) is 4.92 Å². The van der Waals surface area contributed by atoms with Crippen molar-refractivity contribution >= 4 is 17.4 Å². The number of rotatable bonds is 3. The first-order chi connectivity index (χ1) is 9.10. The van der Waals surface area contributed by atoms with E-state index in [2.05, 4.69) is 0 Å². The van der Waals surface area contributed by atoms with Gasteiger partial charge in [0, 0.05) is 15.9 Å². The van der Waals surface area contributed by atoms with Gasteiger partial charge in [-0.1, -0.05) is 29.5 Å². The molecule has 0 aliphatic heterocycles. The third-order valence-corrected chi connectivity index (χ3v) is 3.54. The molecule has 0 amide bonds. The van der Waals surface area contributed by atoms with Gasteiger partial charge in [0.1, 0.15) is 11.6 Å². The lowest BCUT2D eigenvalue weighted by atomic mass is 10.2. The Morgan fingerprint density at radius 2 is 1.79 bits per heavy atom. The molecule has 0 unspecified atom stereocenters. The molecule has 94 valence electrons. The Morgan fingerprint density at radius 3 is 2.37 bits per heavy atom. The van der Waals surface area contributed by atoms with Gasteiger partial charge in [-0.05, 0) is 31.2 Å². The summed E-state index contributed by atoms with van der Waals surface area (Å²) >= 11 is 1.43. The number of nitrogens with zero attached hydrogens (tertiary/aromatic N) is 2. The van der Waals surface area contributed by atoms with Crippen LogP contribution in [0.25, 0.3) is 0 Å². The van der Waals surface area contributed by atoms with E-state index < -0.39 is 4.92 Å². The Morgan fingerprint density at radius 1 is 1.16 bits per heavy atom. The van der Waals surface area contributed by atoms with Crippen LogP contribution in [0.5, 0.6) is 0 Å². The van der Waals surface area contributed by atoms with Gasteiger partial charge in [-0.25, -0.2) is 0 Å². The van der Waals surface area contributed by atoms with Crippen molar-refractivity contribution < 1.29 is 4.92 Å². The van der Waals surface area contributed by atoms with Gasteiger partial charge in [0.05, 0.1) is 4.92 Å². The highest BCUT2D eigenvalue weighted by Gasteiger charge is 2.14. The molecule has 0 fully saturated rings. The zero-order valence-corrected chi connectivity index (χ0v) is 11.0. The summed E-state index contributed by atoms with van der Waals surface area (Å²) < 4.78 is 0. The number of aryl methyl sites for hydroxylation is 1. The molecule has 0 spiro atoms. The monoisotopic (exact) mass is 270 g/mol. The first-order valence-corrected chi connectivity index (χ1v) is 6.35. The lowest BCUT2D eigenvalue weighted by Gasteiger charge is -2.03. The minimum atomic E-state index is -0.530. The van der Waals surface area contributed by atoms with E-state index in [1.54, 1.807) is 6.07 Å². The van der Waals surface area contributed by atoms with Gasteiger partial charge in [-0.2, -0.15) is 5.26 Å². The van der Waals surface area contributed by atoms with Crippen molar-refractivity contribution in [1.29, 1.82) is 5.26 Å². The fourth-order valence-electron chi connectivity index (χ4n) is 1.56. The zero-order chi connectivity index (χ0) is 13.8. The first-order valence-electron chi connectivity index (χ1n) is 5.53. The predicted molar refractivity (Wildman–Crippen MR) is 73.1 cm³/mol. The number of nitro groups is 1. The molecule has 0 saturated heterocycles. The Balaban J connectivity index is 2.31. The molecule has 0 N–H and O–H groups in total. The van der Waals surface area contributed by atoms with E-state index in [0.717, 1.165) is 15.4 Å². The van der Waals surface area contributed by atoms with Crippen LogP contribution in [0.1, 0.15) is 11.1 Å². The maximum Gasteiger partial charge on any atom is 0.288 e. The summed E-state index contributed by atoms with van der Waals surface area (Å²) in [5.41, 5.74) is 1.09. The molecule has 19 heavy (non-hydrogen) atoms.